The predicted octanol–water partition coefficient (Wildman–Crippen LogP) is 3.31. The van der Waals surface area contributed by atoms with Crippen molar-refractivity contribution in [3.63, 3.8) is 0 Å². The Morgan fingerprint density at radius 2 is 2.00 bits per heavy atom. The summed E-state index contributed by atoms with van der Waals surface area (Å²) in [6, 6.07) is 8.62. The molecule has 0 saturated carbocycles. The lowest BCUT2D eigenvalue weighted by Crippen LogP contribution is -2.04. The fourth-order valence-corrected chi connectivity index (χ4v) is 2.90. The van der Waals surface area contributed by atoms with Crippen LogP contribution in [0.1, 0.15) is 27.2 Å². The summed E-state index contributed by atoms with van der Waals surface area (Å²) >= 11 is 6.26. The lowest BCUT2D eigenvalue weighted by atomic mass is 10.0. The van der Waals surface area contributed by atoms with Gasteiger partial charge in [0.2, 0.25) is 5.95 Å². The van der Waals surface area contributed by atoms with Crippen LogP contribution in [0.4, 0.5) is 11.8 Å². The molecule has 3 aromatic rings. The Kier molecular flexibility index (Phi) is 5.96. The third kappa shape index (κ3) is 4.45. The molecule has 2 heterocycles. The van der Waals surface area contributed by atoms with Crippen molar-refractivity contribution in [1.82, 2.24) is 15.0 Å². The number of methoxy groups -OCH3 is 1. The molecule has 0 fully saturated rings. The quantitative estimate of drug-likeness (QED) is 0.507. The number of nitrogen functional groups attached to an aromatic ring is 1. The van der Waals surface area contributed by atoms with Crippen molar-refractivity contribution in [3.05, 3.63) is 63.9 Å². The summed E-state index contributed by atoms with van der Waals surface area (Å²) in [5, 5.41) is 3.20. The molecule has 2 aromatic heterocycles. The molecule has 7 nitrogen and oxygen atoms in total. The molecule has 3 N–H and O–H groups in total. The summed E-state index contributed by atoms with van der Waals surface area (Å²) in [5.41, 5.74) is 9.28. The molecule has 0 radical (unpaired) electrons. The first-order valence-corrected chi connectivity index (χ1v) is 8.99. The Labute approximate surface area is 173 Å². The number of hydrogen-bond donors (Lipinski definition) is 2. The van der Waals surface area contributed by atoms with Crippen LogP contribution in [0.3, 0.4) is 0 Å². The van der Waals surface area contributed by atoms with Gasteiger partial charge in [0.1, 0.15) is 5.82 Å². The van der Waals surface area contributed by atoms with E-state index in [0.29, 0.717) is 22.5 Å². The van der Waals surface area contributed by atoms with Gasteiger partial charge in [-0.25, -0.2) is 19.7 Å². The van der Waals surface area contributed by atoms with E-state index in [1.165, 1.54) is 7.11 Å². The van der Waals surface area contributed by atoms with E-state index < -0.39 is 5.97 Å². The van der Waals surface area contributed by atoms with Gasteiger partial charge in [0.25, 0.3) is 0 Å². The molecule has 0 aliphatic rings. The van der Waals surface area contributed by atoms with Crippen molar-refractivity contribution in [2.24, 2.45) is 0 Å². The molecule has 29 heavy (non-hydrogen) atoms. The molecule has 0 spiro atoms. The Balaban J connectivity index is 2.08. The SMILES string of the molecule is CNc1ccc(C#Cc2c(C)nc(N)nc2-c2ccc(C(=O)OC)c(Cl)c2)cn1. The highest BCUT2D eigenvalue weighted by Gasteiger charge is 2.15. The molecule has 1 aromatic carbocycles. The van der Waals surface area contributed by atoms with Crippen LogP contribution < -0.4 is 11.1 Å². The van der Waals surface area contributed by atoms with Crippen LogP contribution in [0.15, 0.2) is 36.5 Å². The van der Waals surface area contributed by atoms with E-state index >= 15 is 0 Å². The number of carbonyl (C=O) groups excluding carboxylic acids is 1. The number of rotatable bonds is 3. The van der Waals surface area contributed by atoms with Gasteiger partial charge >= 0.3 is 5.97 Å². The zero-order valence-electron chi connectivity index (χ0n) is 16.1. The molecule has 0 aliphatic carbocycles. The first kappa shape index (κ1) is 20.1. The van der Waals surface area contributed by atoms with Gasteiger partial charge in [-0.2, -0.15) is 0 Å². The maximum atomic E-state index is 11.8. The van der Waals surface area contributed by atoms with Crippen LogP contribution in [0.2, 0.25) is 5.02 Å². The maximum Gasteiger partial charge on any atom is 0.339 e. The molecule has 8 heteroatoms. The summed E-state index contributed by atoms with van der Waals surface area (Å²) in [6.07, 6.45) is 1.67. The predicted molar refractivity (Wildman–Crippen MR) is 113 cm³/mol. The van der Waals surface area contributed by atoms with Gasteiger partial charge in [0, 0.05) is 24.4 Å². The summed E-state index contributed by atoms with van der Waals surface area (Å²) < 4.78 is 4.73. The normalized spacial score (nSPS) is 10.1. The van der Waals surface area contributed by atoms with Crippen LogP contribution >= 0.6 is 11.6 Å². The molecule has 3 rings (SSSR count). The van der Waals surface area contributed by atoms with E-state index in [-0.39, 0.29) is 16.5 Å². The van der Waals surface area contributed by atoms with Gasteiger partial charge in [-0.05, 0) is 31.2 Å². The number of ether oxygens (including phenoxy) is 1. The number of nitrogens with zero attached hydrogens (tertiary/aromatic N) is 3. The van der Waals surface area contributed by atoms with E-state index in [4.69, 9.17) is 22.1 Å². The van der Waals surface area contributed by atoms with E-state index in [1.54, 1.807) is 38.4 Å². The van der Waals surface area contributed by atoms with Crippen LogP contribution in [0.5, 0.6) is 0 Å². The average Bonchev–Trinajstić information content (AvgIpc) is 2.72. The largest absolute Gasteiger partial charge is 0.465 e. The number of aromatic nitrogens is 3. The highest BCUT2D eigenvalue weighted by molar-refractivity contribution is 6.33. The van der Waals surface area contributed by atoms with E-state index in [9.17, 15) is 4.79 Å². The topological polar surface area (TPSA) is 103 Å². The second-order valence-corrected chi connectivity index (χ2v) is 6.42. The monoisotopic (exact) mass is 407 g/mol. The second-order valence-electron chi connectivity index (χ2n) is 6.01. The van der Waals surface area contributed by atoms with Crippen molar-refractivity contribution >= 4 is 29.3 Å². The number of aryl methyl sites for hydroxylation is 1. The zero-order valence-corrected chi connectivity index (χ0v) is 16.8. The van der Waals surface area contributed by atoms with Crippen molar-refractivity contribution in [1.29, 1.82) is 0 Å². The van der Waals surface area contributed by atoms with Gasteiger partial charge in [-0.1, -0.05) is 29.5 Å². The zero-order chi connectivity index (χ0) is 21.0. The van der Waals surface area contributed by atoms with Crippen LogP contribution in [0, 0.1) is 18.8 Å². The average molecular weight is 408 g/mol. The Bertz CT molecular complexity index is 1130. The molecule has 0 atom stereocenters. The number of nitrogens with two attached hydrogens (primary N) is 1. The Morgan fingerprint density at radius 1 is 1.21 bits per heavy atom. The van der Waals surface area contributed by atoms with Crippen molar-refractivity contribution in [2.75, 3.05) is 25.2 Å². The number of benzene rings is 1. The maximum absolute atomic E-state index is 11.8. The summed E-state index contributed by atoms with van der Waals surface area (Å²) in [5.74, 6) is 6.53. The third-order valence-electron chi connectivity index (χ3n) is 4.11. The first-order valence-electron chi connectivity index (χ1n) is 8.61. The minimum atomic E-state index is -0.516. The standard InChI is InChI=1S/C21H18ClN5O2/c1-12-15(7-4-13-5-9-18(24-2)25-11-13)19(27-21(23)26-12)14-6-8-16(17(22)10-14)20(28)29-3/h5-6,8-11H,1-3H3,(H,24,25)(H2,23,26,27). The number of halogens is 1. The van der Waals surface area contributed by atoms with Crippen LogP contribution in [-0.4, -0.2) is 35.1 Å². The second kappa shape index (κ2) is 8.59. The molecule has 0 aliphatic heterocycles. The van der Waals surface area contributed by atoms with Crippen molar-refractivity contribution in [3.8, 4) is 23.1 Å². The third-order valence-corrected chi connectivity index (χ3v) is 4.42. The van der Waals surface area contributed by atoms with E-state index in [1.807, 2.05) is 12.1 Å². The Hall–Kier alpha value is -3.63. The number of hydrogen-bond acceptors (Lipinski definition) is 7. The van der Waals surface area contributed by atoms with E-state index in [2.05, 4.69) is 32.1 Å². The number of nitrogens with one attached hydrogen (secondary N) is 1. The number of pyridine rings is 1. The molecule has 0 unspecified atom stereocenters. The summed E-state index contributed by atoms with van der Waals surface area (Å²) in [4.78, 5) is 24.6. The van der Waals surface area contributed by atoms with Gasteiger partial charge in [-0.3, -0.25) is 0 Å². The van der Waals surface area contributed by atoms with E-state index in [0.717, 1.165) is 11.4 Å². The first-order chi connectivity index (χ1) is 13.9. The fourth-order valence-electron chi connectivity index (χ4n) is 2.64. The Morgan fingerprint density at radius 3 is 2.62 bits per heavy atom. The summed E-state index contributed by atoms with van der Waals surface area (Å²) in [6.45, 7) is 1.80. The van der Waals surface area contributed by atoms with Gasteiger partial charge in [-0.15, -0.1) is 0 Å². The van der Waals surface area contributed by atoms with Gasteiger partial charge < -0.3 is 15.8 Å². The van der Waals surface area contributed by atoms with Gasteiger partial charge in [0.15, 0.2) is 0 Å². The highest BCUT2D eigenvalue weighted by Crippen LogP contribution is 2.28. The minimum Gasteiger partial charge on any atom is -0.465 e. The summed E-state index contributed by atoms with van der Waals surface area (Å²) in [7, 11) is 3.10. The van der Waals surface area contributed by atoms with Crippen LogP contribution in [-0.2, 0) is 4.74 Å². The molecule has 0 saturated heterocycles. The minimum absolute atomic E-state index is 0.122. The molecule has 0 bridgehead atoms. The number of esters is 1. The number of anilines is 2. The molecular weight excluding hydrogens is 390 g/mol. The lowest BCUT2D eigenvalue weighted by Gasteiger charge is -2.10. The van der Waals surface area contributed by atoms with Gasteiger partial charge in [0.05, 0.1) is 34.6 Å². The molecular formula is C21H18ClN5O2. The fraction of sp³-hybridized carbons (Fsp3) is 0.143. The van der Waals surface area contributed by atoms with Crippen LogP contribution in [0.25, 0.3) is 11.3 Å². The molecule has 146 valence electrons. The smallest absolute Gasteiger partial charge is 0.339 e. The van der Waals surface area contributed by atoms with Crippen molar-refractivity contribution in [2.45, 2.75) is 6.92 Å². The highest BCUT2D eigenvalue weighted by atomic mass is 35.5. The molecule has 0 amide bonds. The van der Waals surface area contributed by atoms with Crippen molar-refractivity contribution < 1.29 is 9.53 Å². The lowest BCUT2D eigenvalue weighted by molar-refractivity contribution is 0.0601. The number of carbonyl (C=O) groups is 1.